The Hall–Kier alpha value is -0.800. The van der Waals surface area contributed by atoms with Gasteiger partial charge in [0.2, 0.25) is 0 Å². The number of nitrogens with one attached hydrogen (secondary N) is 1. The maximum atomic E-state index is 5.22. The Kier molecular flexibility index (Phi) is 4.84. The maximum absolute atomic E-state index is 5.22. The van der Waals surface area contributed by atoms with Crippen LogP contribution in [0.1, 0.15) is 45.2 Å². The summed E-state index contributed by atoms with van der Waals surface area (Å²) in [6.07, 6.45) is 6.26. The molecule has 1 aromatic heterocycles. The summed E-state index contributed by atoms with van der Waals surface area (Å²) in [5.74, 6) is 0.836. The third-order valence-corrected chi connectivity index (χ3v) is 4.11. The summed E-state index contributed by atoms with van der Waals surface area (Å²) in [6.45, 7) is 10.4. The smallest absolute Gasteiger partial charge is 0.0950 e. The Bertz CT molecular complexity index is 328. The molecule has 3 nitrogen and oxygen atoms in total. The molecule has 1 aromatic rings. The van der Waals surface area contributed by atoms with E-state index in [-0.39, 0.29) is 0 Å². The second kappa shape index (κ2) is 6.39. The standard InChI is InChI=1S/C15H26N2O/c1-12(2)17(10-14-4-7-16-8-5-14)13(3)15-6-9-18-11-15/h6,9,11-14,16H,4-5,7-8,10H2,1-3H3. The Labute approximate surface area is 111 Å². The molecule has 0 bridgehead atoms. The van der Waals surface area contributed by atoms with Crippen LogP contribution in [0.3, 0.4) is 0 Å². The molecule has 2 rings (SSSR count). The molecule has 0 aliphatic carbocycles. The molecule has 3 heteroatoms. The molecule has 0 amide bonds. The van der Waals surface area contributed by atoms with Crippen LogP contribution in [0.25, 0.3) is 0 Å². The van der Waals surface area contributed by atoms with Gasteiger partial charge in [-0.15, -0.1) is 0 Å². The summed E-state index contributed by atoms with van der Waals surface area (Å²) in [5, 5.41) is 3.44. The third-order valence-electron chi connectivity index (χ3n) is 4.11. The predicted octanol–water partition coefficient (Wildman–Crippen LogP) is 3.05. The molecule has 1 fully saturated rings. The minimum absolute atomic E-state index is 0.443. The van der Waals surface area contributed by atoms with Gasteiger partial charge >= 0.3 is 0 Å². The molecule has 0 aromatic carbocycles. The molecule has 0 radical (unpaired) electrons. The fourth-order valence-electron chi connectivity index (χ4n) is 2.88. The van der Waals surface area contributed by atoms with E-state index in [1.54, 1.807) is 6.26 Å². The summed E-state index contributed by atoms with van der Waals surface area (Å²) in [7, 11) is 0. The first kappa shape index (κ1) is 13.6. The van der Waals surface area contributed by atoms with Crippen LogP contribution < -0.4 is 5.32 Å². The van der Waals surface area contributed by atoms with Crippen LogP contribution >= 0.6 is 0 Å². The highest BCUT2D eigenvalue weighted by Gasteiger charge is 2.24. The van der Waals surface area contributed by atoms with Crippen molar-refractivity contribution in [3.63, 3.8) is 0 Å². The number of rotatable bonds is 5. The zero-order chi connectivity index (χ0) is 13.0. The lowest BCUT2D eigenvalue weighted by Crippen LogP contribution is -2.40. The van der Waals surface area contributed by atoms with Crippen LogP contribution in [-0.2, 0) is 0 Å². The van der Waals surface area contributed by atoms with Gasteiger partial charge < -0.3 is 9.73 Å². The highest BCUT2D eigenvalue weighted by Crippen LogP contribution is 2.26. The monoisotopic (exact) mass is 250 g/mol. The van der Waals surface area contributed by atoms with Gasteiger partial charge in [0.1, 0.15) is 0 Å². The zero-order valence-electron chi connectivity index (χ0n) is 11.9. The van der Waals surface area contributed by atoms with E-state index in [9.17, 15) is 0 Å². The Morgan fingerprint density at radius 1 is 1.33 bits per heavy atom. The van der Waals surface area contributed by atoms with Gasteiger partial charge in [-0.25, -0.2) is 0 Å². The number of hydrogen-bond donors (Lipinski definition) is 1. The normalized spacial score (nSPS) is 19.6. The molecule has 1 unspecified atom stereocenters. The molecule has 1 atom stereocenters. The van der Waals surface area contributed by atoms with Crippen molar-refractivity contribution in [3.05, 3.63) is 24.2 Å². The summed E-state index contributed by atoms with van der Waals surface area (Å²) in [4.78, 5) is 2.60. The van der Waals surface area contributed by atoms with E-state index >= 15 is 0 Å². The van der Waals surface area contributed by atoms with E-state index < -0.39 is 0 Å². The largest absolute Gasteiger partial charge is 0.472 e. The first-order chi connectivity index (χ1) is 8.68. The van der Waals surface area contributed by atoms with Crippen LogP contribution in [0.15, 0.2) is 23.0 Å². The number of piperidine rings is 1. The molecular formula is C15H26N2O. The van der Waals surface area contributed by atoms with E-state index in [2.05, 4.69) is 37.1 Å². The number of nitrogens with zero attached hydrogens (tertiary/aromatic N) is 1. The number of hydrogen-bond acceptors (Lipinski definition) is 3. The SMILES string of the molecule is CC(C)N(CC1CCNCC1)C(C)c1ccoc1. The predicted molar refractivity (Wildman–Crippen MR) is 74.6 cm³/mol. The molecule has 1 aliphatic heterocycles. The lowest BCUT2D eigenvalue weighted by atomic mass is 9.95. The molecule has 1 saturated heterocycles. The van der Waals surface area contributed by atoms with E-state index in [0.717, 1.165) is 5.92 Å². The van der Waals surface area contributed by atoms with E-state index in [1.165, 1.54) is 38.0 Å². The van der Waals surface area contributed by atoms with Crippen LogP contribution in [0, 0.1) is 5.92 Å². The van der Waals surface area contributed by atoms with Crippen molar-refractivity contribution in [2.45, 2.75) is 45.7 Å². The van der Waals surface area contributed by atoms with Crippen LogP contribution in [0.5, 0.6) is 0 Å². The average molecular weight is 250 g/mol. The van der Waals surface area contributed by atoms with Gasteiger partial charge in [-0.05, 0) is 58.7 Å². The lowest BCUT2D eigenvalue weighted by molar-refractivity contribution is 0.124. The second-order valence-electron chi connectivity index (χ2n) is 5.72. The van der Waals surface area contributed by atoms with Gasteiger partial charge in [0.05, 0.1) is 12.5 Å². The third kappa shape index (κ3) is 3.36. The van der Waals surface area contributed by atoms with Crippen LogP contribution in [-0.4, -0.2) is 30.6 Å². The molecule has 1 N–H and O–H groups in total. The minimum Gasteiger partial charge on any atom is -0.472 e. The molecule has 102 valence electrons. The summed E-state index contributed by atoms with van der Waals surface area (Å²) in [6, 6.07) is 3.10. The maximum Gasteiger partial charge on any atom is 0.0950 e. The topological polar surface area (TPSA) is 28.4 Å². The van der Waals surface area contributed by atoms with Gasteiger partial charge in [0, 0.05) is 24.2 Å². The summed E-state index contributed by atoms with van der Waals surface area (Å²) in [5.41, 5.74) is 1.29. The fourth-order valence-corrected chi connectivity index (χ4v) is 2.88. The van der Waals surface area contributed by atoms with E-state index in [4.69, 9.17) is 4.42 Å². The Morgan fingerprint density at radius 2 is 2.06 bits per heavy atom. The molecule has 0 spiro atoms. The van der Waals surface area contributed by atoms with Gasteiger partial charge in [-0.1, -0.05) is 0 Å². The van der Waals surface area contributed by atoms with Gasteiger partial charge in [0.25, 0.3) is 0 Å². The van der Waals surface area contributed by atoms with E-state index in [0.29, 0.717) is 12.1 Å². The van der Waals surface area contributed by atoms with Crippen molar-refractivity contribution in [2.75, 3.05) is 19.6 Å². The second-order valence-corrected chi connectivity index (χ2v) is 5.72. The van der Waals surface area contributed by atoms with Crippen molar-refractivity contribution in [1.82, 2.24) is 10.2 Å². The molecular weight excluding hydrogens is 224 g/mol. The highest BCUT2D eigenvalue weighted by atomic mass is 16.3. The van der Waals surface area contributed by atoms with Crippen LogP contribution in [0.2, 0.25) is 0 Å². The summed E-state index contributed by atoms with van der Waals surface area (Å²) < 4.78 is 5.22. The number of furan rings is 1. The molecule has 1 aliphatic rings. The molecule has 2 heterocycles. The first-order valence-electron chi connectivity index (χ1n) is 7.17. The zero-order valence-corrected chi connectivity index (χ0v) is 11.9. The molecule has 0 saturated carbocycles. The summed E-state index contributed by atoms with van der Waals surface area (Å²) >= 11 is 0. The van der Waals surface area contributed by atoms with Gasteiger partial charge in [0.15, 0.2) is 0 Å². The van der Waals surface area contributed by atoms with Crippen molar-refractivity contribution in [3.8, 4) is 0 Å². The first-order valence-corrected chi connectivity index (χ1v) is 7.17. The van der Waals surface area contributed by atoms with Crippen LogP contribution in [0.4, 0.5) is 0 Å². The van der Waals surface area contributed by atoms with Gasteiger partial charge in [-0.2, -0.15) is 0 Å². The van der Waals surface area contributed by atoms with Crippen molar-refractivity contribution in [2.24, 2.45) is 5.92 Å². The fraction of sp³-hybridized carbons (Fsp3) is 0.733. The average Bonchev–Trinajstić information content (AvgIpc) is 2.90. The van der Waals surface area contributed by atoms with Crippen molar-refractivity contribution >= 4 is 0 Å². The Morgan fingerprint density at radius 3 is 2.61 bits per heavy atom. The lowest BCUT2D eigenvalue weighted by Gasteiger charge is -2.36. The van der Waals surface area contributed by atoms with Crippen molar-refractivity contribution < 1.29 is 4.42 Å². The van der Waals surface area contributed by atoms with Crippen molar-refractivity contribution in [1.29, 1.82) is 0 Å². The minimum atomic E-state index is 0.443. The quantitative estimate of drug-likeness (QED) is 0.870. The van der Waals surface area contributed by atoms with Gasteiger partial charge in [-0.3, -0.25) is 4.90 Å². The highest BCUT2D eigenvalue weighted by molar-refractivity contribution is 5.11. The van der Waals surface area contributed by atoms with E-state index in [1.807, 2.05) is 6.26 Å². The molecule has 18 heavy (non-hydrogen) atoms. The Balaban J connectivity index is 1.98.